The summed E-state index contributed by atoms with van der Waals surface area (Å²) in [6, 6.07) is 158. The van der Waals surface area contributed by atoms with Gasteiger partial charge in [0.25, 0.3) is 0 Å². The van der Waals surface area contributed by atoms with Crippen LogP contribution in [0.15, 0.2) is 452 Å². The average Bonchev–Trinajstić information content (AvgIpc) is 1.54. The Morgan fingerprint density at radius 1 is 0.197 bits per heavy atom. The highest BCUT2D eigenvalue weighted by Gasteiger charge is 2.48. The van der Waals surface area contributed by atoms with Gasteiger partial charge < -0.3 is 30.1 Å². The molecule has 0 atom stereocenters. The number of hydrogen-bond acceptors (Lipinski definition) is 6. The van der Waals surface area contributed by atoms with Gasteiger partial charge in [0.05, 0.1) is 10.8 Å². The van der Waals surface area contributed by atoms with Gasteiger partial charge in [-0.25, -0.2) is 0 Å². The maximum absolute atomic E-state index is 6.07. The highest BCUT2D eigenvalue weighted by atomic mass is 16.3. The topological polar surface area (TPSA) is 74.4 Å². The summed E-state index contributed by atoms with van der Waals surface area (Å²) in [6.07, 6.45) is 0. The molecule has 0 radical (unpaired) electrons. The van der Waals surface area contributed by atoms with Gasteiger partial charge in [-0.2, -0.15) is 0 Å². The third kappa shape index (κ3) is 13.2. The normalized spacial score (nSPS) is 13.6. The third-order valence-corrected chi connectivity index (χ3v) is 26.8. The van der Waals surface area contributed by atoms with E-state index in [1.807, 2.05) is 30.3 Å². The van der Waals surface area contributed by atoms with Crippen molar-refractivity contribution >= 4 is 100 Å². The van der Waals surface area contributed by atoms with Crippen LogP contribution in [0.4, 0.5) is 45.5 Å². The Kier molecular flexibility index (Phi) is 19.2. The Labute approximate surface area is 741 Å². The summed E-state index contributed by atoms with van der Waals surface area (Å²) < 4.78 is 12.0. The average molecular weight is 1630 g/mol. The number of furan rings is 2. The van der Waals surface area contributed by atoms with E-state index in [4.69, 9.17) is 8.83 Å². The third-order valence-electron chi connectivity index (χ3n) is 26.8. The van der Waals surface area contributed by atoms with Gasteiger partial charge in [0.1, 0.15) is 22.3 Å². The molecule has 0 spiro atoms. The van der Waals surface area contributed by atoms with Crippen LogP contribution in [-0.2, 0) is 21.7 Å². The van der Waals surface area contributed by atoms with Crippen LogP contribution in [0.25, 0.3) is 99.2 Å². The zero-order valence-electron chi connectivity index (χ0n) is 71.5. The van der Waals surface area contributed by atoms with Crippen LogP contribution in [0, 0.1) is 6.92 Å². The fourth-order valence-electron chi connectivity index (χ4n) is 20.9. The number of fused-ring (bicyclic) bond motifs is 19. The molecule has 6 nitrogen and oxygen atoms in total. The predicted octanol–water partition coefficient (Wildman–Crippen LogP) is 32.3. The summed E-state index contributed by atoms with van der Waals surface area (Å²) in [5, 5.41) is 21.7. The van der Waals surface area contributed by atoms with Crippen LogP contribution in [0.3, 0.4) is 0 Å². The zero-order chi connectivity index (χ0) is 85.4. The molecule has 608 valence electrons. The number of hydrogen-bond donors (Lipinski definition) is 4. The lowest BCUT2D eigenvalue weighted by atomic mass is 9.67. The number of nitrogens with one attached hydrogen (secondary N) is 4. The number of benzene rings is 19. The SMILES string of the molecule is CC1(C)c2ccccc2-c2c(Nc3ccc4c(c3)oc3ccccc34)cccc21.CC1(C)c2ccccc2-c2ccc(Nc3ccc4oc5ccccc5c4c3)cc21.Cc1ccc(Nc2ccc3c(c2)-c2ccccc2C3(c2ccccc2)c2ccccc2)cc1.c1ccc(C2(c3ccccc3)c3ccccc3-c3ccc(Nc4cccc5ccccc45)cc32)cc1. The van der Waals surface area contributed by atoms with E-state index in [0.717, 1.165) is 89.4 Å². The standard InChI is InChI=1S/C35H25N.C32H25N.2C27H21NO/c1-3-14-26(15-4-1)35(27-16-5-2-6-17-27)32-20-10-9-19-30(32)31-23-22-28(24-33(31)35)36-34-21-11-13-25-12-7-8-18-29(25)34;1-23-16-18-26(19-17-23)33-27-20-21-31-29(22-27)28-14-8-9-15-30(28)32(31,24-10-4-2-5-11-24)25-12-6-3-7-13-25;1-27(2)21-10-5-3-9-20(21)26-22(27)11-7-12-23(26)28-17-14-15-19-18-8-4-6-13-24(18)29-25(19)16-17;1-27(2)23-9-5-3-7-19(23)20-13-11-18(16-24(20)27)28-17-12-14-26-22(15-17)21-8-4-6-10-25(21)29-26/h1-24,36H;2-22,33H,1H3;2*3-16,28H,1-2H3. The molecular weight excluding hydrogens is 1540 g/mol. The molecular formula is C121H92N4O2. The molecule has 2 heterocycles. The first-order valence-electron chi connectivity index (χ1n) is 44.0. The molecule has 2 aromatic heterocycles. The Balaban J connectivity index is 0.000000100. The van der Waals surface area contributed by atoms with Crippen molar-refractivity contribution < 1.29 is 8.83 Å². The number of rotatable bonds is 12. The minimum atomic E-state index is -0.384. The van der Waals surface area contributed by atoms with Crippen molar-refractivity contribution in [2.75, 3.05) is 21.3 Å². The van der Waals surface area contributed by atoms with E-state index in [2.05, 4.69) is 468 Å². The van der Waals surface area contributed by atoms with E-state index >= 15 is 0 Å². The van der Waals surface area contributed by atoms with Gasteiger partial charge in [0.15, 0.2) is 0 Å². The van der Waals surface area contributed by atoms with Gasteiger partial charge in [-0.15, -0.1) is 0 Å². The molecule has 0 fully saturated rings. The van der Waals surface area contributed by atoms with Crippen molar-refractivity contribution in [3.8, 4) is 44.5 Å². The molecule has 25 rings (SSSR count). The van der Waals surface area contributed by atoms with Crippen LogP contribution in [-0.4, -0.2) is 0 Å². The fourth-order valence-corrected chi connectivity index (χ4v) is 20.9. The Bertz CT molecular complexity index is 7690. The van der Waals surface area contributed by atoms with Crippen LogP contribution >= 0.6 is 0 Å². The molecule has 4 aliphatic carbocycles. The molecule has 0 amide bonds. The molecule has 0 unspecified atom stereocenters. The predicted molar refractivity (Wildman–Crippen MR) is 531 cm³/mol. The summed E-state index contributed by atoms with van der Waals surface area (Å²) in [5.41, 5.74) is 39.5. The van der Waals surface area contributed by atoms with E-state index < -0.39 is 0 Å². The summed E-state index contributed by atoms with van der Waals surface area (Å²) >= 11 is 0. The van der Waals surface area contributed by atoms with E-state index in [0.29, 0.717) is 0 Å². The summed E-state index contributed by atoms with van der Waals surface area (Å²) in [5.74, 6) is 0. The minimum Gasteiger partial charge on any atom is -0.456 e. The largest absolute Gasteiger partial charge is 0.456 e. The van der Waals surface area contributed by atoms with Crippen molar-refractivity contribution in [3.05, 3.63) is 515 Å². The lowest BCUT2D eigenvalue weighted by Crippen LogP contribution is -2.28. The zero-order valence-corrected chi connectivity index (χ0v) is 71.5. The number of para-hydroxylation sites is 2. The van der Waals surface area contributed by atoms with Crippen molar-refractivity contribution in [2.45, 2.75) is 56.3 Å². The monoisotopic (exact) mass is 1630 g/mol. The van der Waals surface area contributed by atoms with Gasteiger partial charge in [-0.1, -0.05) is 367 Å². The lowest BCUT2D eigenvalue weighted by molar-refractivity contribution is 0.660. The molecule has 0 saturated carbocycles. The molecule has 127 heavy (non-hydrogen) atoms. The van der Waals surface area contributed by atoms with Crippen molar-refractivity contribution in [1.82, 2.24) is 0 Å². The summed E-state index contributed by atoms with van der Waals surface area (Å²) in [7, 11) is 0. The molecule has 21 aromatic rings. The van der Waals surface area contributed by atoms with E-state index in [1.54, 1.807) is 0 Å². The maximum Gasteiger partial charge on any atom is 0.137 e. The van der Waals surface area contributed by atoms with Gasteiger partial charge in [-0.3, -0.25) is 0 Å². The minimum absolute atomic E-state index is 0.00626. The second-order valence-corrected chi connectivity index (χ2v) is 34.9. The summed E-state index contributed by atoms with van der Waals surface area (Å²) in [4.78, 5) is 0. The van der Waals surface area contributed by atoms with Crippen molar-refractivity contribution in [2.24, 2.45) is 0 Å². The van der Waals surface area contributed by atoms with Crippen LogP contribution in [0.1, 0.15) is 100 Å². The fraction of sp³-hybridized carbons (Fsp3) is 0.0744. The Morgan fingerprint density at radius 3 is 1.20 bits per heavy atom. The molecule has 6 heteroatoms. The Hall–Kier alpha value is -15.8. The first-order chi connectivity index (χ1) is 62.4. The highest BCUT2D eigenvalue weighted by molar-refractivity contribution is 6.08. The molecule has 4 N–H and O–H groups in total. The first kappa shape index (κ1) is 77.3. The van der Waals surface area contributed by atoms with Crippen LogP contribution in [0.2, 0.25) is 0 Å². The highest BCUT2D eigenvalue weighted by Crippen LogP contribution is 2.60. The molecule has 4 aliphatic rings. The second kappa shape index (κ2) is 31.5. The maximum atomic E-state index is 6.07. The van der Waals surface area contributed by atoms with Gasteiger partial charge in [0.2, 0.25) is 0 Å². The quantitative estimate of drug-likeness (QED) is 0.0977. The van der Waals surface area contributed by atoms with Gasteiger partial charge >= 0.3 is 0 Å². The number of aryl methyl sites for hydroxylation is 1. The lowest BCUT2D eigenvalue weighted by Gasteiger charge is -2.34. The Morgan fingerprint density at radius 2 is 0.559 bits per heavy atom. The van der Waals surface area contributed by atoms with Gasteiger partial charge in [0, 0.05) is 94.9 Å². The smallest absolute Gasteiger partial charge is 0.137 e. The second-order valence-electron chi connectivity index (χ2n) is 34.9. The molecule has 19 aromatic carbocycles. The van der Waals surface area contributed by atoms with E-state index in [9.17, 15) is 0 Å². The summed E-state index contributed by atoms with van der Waals surface area (Å²) in [6.45, 7) is 11.4. The number of anilines is 8. The van der Waals surface area contributed by atoms with E-state index in [-0.39, 0.29) is 21.7 Å². The van der Waals surface area contributed by atoms with Crippen molar-refractivity contribution in [1.29, 1.82) is 0 Å². The van der Waals surface area contributed by atoms with Crippen LogP contribution < -0.4 is 21.3 Å². The molecule has 0 aliphatic heterocycles. The van der Waals surface area contributed by atoms with Crippen LogP contribution in [0.5, 0.6) is 0 Å². The molecule has 0 saturated heterocycles. The van der Waals surface area contributed by atoms with Crippen molar-refractivity contribution in [3.63, 3.8) is 0 Å². The molecule has 0 bridgehead atoms. The van der Waals surface area contributed by atoms with E-state index in [1.165, 1.54) is 128 Å². The first-order valence-corrected chi connectivity index (χ1v) is 44.0. The van der Waals surface area contributed by atoms with Gasteiger partial charge in [-0.05, 0) is 221 Å².